The Labute approximate surface area is 138 Å². The summed E-state index contributed by atoms with van der Waals surface area (Å²) in [7, 11) is 1.65. The average molecular weight is 311 g/mol. The van der Waals surface area contributed by atoms with Crippen LogP contribution in [0.25, 0.3) is 0 Å². The fourth-order valence-electron chi connectivity index (χ4n) is 2.27. The van der Waals surface area contributed by atoms with E-state index in [1.54, 1.807) is 7.11 Å². The van der Waals surface area contributed by atoms with E-state index in [2.05, 4.69) is 36.3 Å². The number of benzene rings is 2. The Morgan fingerprint density at radius 1 is 1.22 bits per heavy atom. The molecule has 4 nitrogen and oxygen atoms in total. The number of ether oxygens (including phenoxy) is 1. The topological polar surface area (TPSA) is 59.6 Å². The molecule has 0 fully saturated rings. The van der Waals surface area contributed by atoms with E-state index in [1.807, 2.05) is 36.4 Å². The minimum absolute atomic E-state index is 0.407. The van der Waals surface area contributed by atoms with Crippen molar-refractivity contribution in [1.82, 2.24) is 0 Å². The third-order valence-corrected chi connectivity index (χ3v) is 3.93. The Morgan fingerprint density at radius 2 is 1.96 bits per heavy atom. The van der Waals surface area contributed by atoms with Crippen molar-refractivity contribution in [3.05, 3.63) is 59.7 Å². The lowest BCUT2D eigenvalue weighted by Gasteiger charge is -2.11. The van der Waals surface area contributed by atoms with E-state index in [0.717, 1.165) is 23.4 Å². The largest absolute Gasteiger partial charge is 0.497 e. The van der Waals surface area contributed by atoms with Gasteiger partial charge in [-0.15, -0.1) is 0 Å². The number of nitrogens with zero attached hydrogens (tertiary/aromatic N) is 1. The fourth-order valence-corrected chi connectivity index (χ4v) is 2.27. The van der Waals surface area contributed by atoms with E-state index in [-0.39, 0.29) is 0 Å². The van der Waals surface area contributed by atoms with E-state index >= 15 is 0 Å². The molecule has 0 saturated heterocycles. The van der Waals surface area contributed by atoms with Gasteiger partial charge >= 0.3 is 0 Å². The molecule has 23 heavy (non-hydrogen) atoms. The molecular formula is C19H25N3O. The maximum Gasteiger partial charge on any atom is 0.193 e. The fraction of sp³-hybridized carbons (Fsp3) is 0.316. The Kier molecular flexibility index (Phi) is 6.03. The average Bonchev–Trinajstić information content (AvgIpc) is 2.60. The summed E-state index contributed by atoms with van der Waals surface area (Å²) in [5.41, 5.74) is 9.30. The lowest BCUT2D eigenvalue weighted by molar-refractivity contribution is 0.414. The van der Waals surface area contributed by atoms with Crippen LogP contribution in [-0.4, -0.2) is 13.1 Å². The summed E-state index contributed by atoms with van der Waals surface area (Å²) >= 11 is 0. The number of methoxy groups -OCH3 is 1. The number of anilines is 1. The maximum absolute atomic E-state index is 5.96. The highest BCUT2D eigenvalue weighted by Gasteiger charge is 2.03. The number of rotatable bonds is 6. The van der Waals surface area contributed by atoms with Crippen molar-refractivity contribution in [3.63, 3.8) is 0 Å². The van der Waals surface area contributed by atoms with E-state index in [9.17, 15) is 0 Å². The first-order valence-electron chi connectivity index (χ1n) is 7.92. The molecule has 0 saturated carbocycles. The first-order valence-corrected chi connectivity index (χ1v) is 7.92. The van der Waals surface area contributed by atoms with Crippen molar-refractivity contribution in [2.75, 3.05) is 12.4 Å². The zero-order chi connectivity index (χ0) is 16.7. The zero-order valence-electron chi connectivity index (χ0n) is 14.0. The molecule has 0 heterocycles. The maximum atomic E-state index is 5.96. The highest BCUT2D eigenvalue weighted by Crippen LogP contribution is 2.20. The highest BCUT2D eigenvalue weighted by atomic mass is 16.5. The summed E-state index contributed by atoms with van der Waals surface area (Å²) in [5.74, 6) is 1.80. The van der Waals surface area contributed by atoms with Crippen molar-refractivity contribution < 1.29 is 4.74 Å². The molecule has 3 N–H and O–H groups in total. The number of guanidine groups is 1. The summed E-state index contributed by atoms with van der Waals surface area (Å²) in [6.45, 7) is 4.94. The second-order valence-corrected chi connectivity index (χ2v) is 5.61. The molecule has 2 aromatic carbocycles. The van der Waals surface area contributed by atoms with Crippen LogP contribution in [0.4, 0.5) is 5.69 Å². The molecule has 0 bridgehead atoms. The Balaban J connectivity index is 1.96. The predicted octanol–water partition coefficient (Wildman–Crippen LogP) is 4.14. The third kappa shape index (κ3) is 5.02. The molecule has 0 amide bonds. The van der Waals surface area contributed by atoms with Crippen LogP contribution >= 0.6 is 0 Å². The van der Waals surface area contributed by atoms with Crippen LogP contribution in [0.15, 0.2) is 53.5 Å². The number of nitrogens with one attached hydrogen (secondary N) is 1. The van der Waals surface area contributed by atoms with Crippen LogP contribution < -0.4 is 15.8 Å². The Bertz CT molecular complexity index is 650. The highest BCUT2D eigenvalue weighted by molar-refractivity contribution is 5.92. The van der Waals surface area contributed by atoms with Crippen LogP contribution in [0.2, 0.25) is 0 Å². The van der Waals surface area contributed by atoms with Gasteiger partial charge in [0.25, 0.3) is 0 Å². The van der Waals surface area contributed by atoms with E-state index in [1.165, 1.54) is 5.56 Å². The van der Waals surface area contributed by atoms with Crippen LogP contribution in [0.5, 0.6) is 5.75 Å². The van der Waals surface area contributed by atoms with Gasteiger partial charge in [-0.05, 0) is 47.7 Å². The van der Waals surface area contributed by atoms with E-state index in [0.29, 0.717) is 18.4 Å². The van der Waals surface area contributed by atoms with E-state index < -0.39 is 0 Å². The first kappa shape index (κ1) is 16.9. The lowest BCUT2D eigenvalue weighted by atomic mass is 9.99. The van der Waals surface area contributed by atoms with Gasteiger partial charge in [0, 0.05) is 5.69 Å². The number of aliphatic imine (C=N–C) groups is 1. The van der Waals surface area contributed by atoms with Crippen LogP contribution in [0.3, 0.4) is 0 Å². The minimum atomic E-state index is 0.407. The van der Waals surface area contributed by atoms with Crippen LogP contribution in [0, 0.1) is 0 Å². The molecule has 0 aliphatic carbocycles. The molecular weight excluding hydrogens is 286 g/mol. The summed E-state index contributed by atoms with van der Waals surface area (Å²) < 4.78 is 5.20. The smallest absolute Gasteiger partial charge is 0.193 e. The van der Waals surface area contributed by atoms with Crippen molar-refractivity contribution >= 4 is 11.6 Å². The molecule has 2 aromatic rings. The molecule has 0 aliphatic heterocycles. The molecule has 4 heteroatoms. The second kappa shape index (κ2) is 8.22. The molecule has 2 rings (SSSR count). The van der Waals surface area contributed by atoms with Crippen LogP contribution in [-0.2, 0) is 6.54 Å². The molecule has 0 aromatic heterocycles. The van der Waals surface area contributed by atoms with Gasteiger partial charge in [0.15, 0.2) is 5.96 Å². The van der Waals surface area contributed by atoms with Crippen molar-refractivity contribution in [1.29, 1.82) is 0 Å². The summed E-state index contributed by atoms with van der Waals surface area (Å²) in [6, 6.07) is 16.1. The molecule has 1 atom stereocenters. The standard InChI is InChI=1S/C19H25N3O/c1-4-14(2)16-8-10-17(11-9-16)22-19(20)21-13-15-6-5-7-18(12-15)23-3/h5-12,14H,4,13H2,1-3H3,(H3,20,21,22). The Hall–Kier alpha value is -2.49. The quantitative estimate of drug-likeness (QED) is 0.623. The SMILES string of the molecule is CCC(C)c1ccc(NC(N)=NCc2cccc(OC)c2)cc1. The Morgan fingerprint density at radius 3 is 2.61 bits per heavy atom. The van der Waals surface area contributed by atoms with Crippen molar-refractivity contribution in [2.45, 2.75) is 32.7 Å². The van der Waals surface area contributed by atoms with Gasteiger partial charge in [0.1, 0.15) is 5.75 Å². The monoisotopic (exact) mass is 311 g/mol. The van der Waals surface area contributed by atoms with Gasteiger partial charge in [-0.3, -0.25) is 0 Å². The van der Waals surface area contributed by atoms with Gasteiger partial charge in [0.05, 0.1) is 13.7 Å². The molecule has 0 spiro atoms. The van der Waals surface area contributed by atoms with Crippen molar-refractivity contribution in [3.8, 4) is 5.75 Å². The van der Waals surface area contributed by atoms with Gasteiger partial charge in [-0.25, -0.2) is 4.99 Å². The number of hydrogen-bond acceptors (Lipinski definition) is 2. The van der Waals surface area contributed by atoms with Gasteiger partial charge in [-0.1, -0.05) is 38.1 Å². The second-order valence-electron chi connectivity index (χ2n) is 5.61. The van der Waals surface area contributed by atoms with Gasteiger partial charge in [-0.2, -0.15) is 0 Å². The molecule has 0 radical (unpaired) electrons. The van der Waals surface area contributed by atoms with Crippen molar-refractivity contribution in [2.24, 2.45) is 10.7 Å². The summed E-state index contributed by atoms with van der Waals surface area (Å²) in [4.78, 5) is 4.37. The summed E-state index contributed by atoms with van der Waals surface area (Å²) in [5, 5.41) is 3.12. The number of nitrogens with two attached hydrogens (primary N) is 1. The molecule has 1 unspecified atom stereocenters. The molecule has 122 valence electrons. The predicted molar refractivity (Wildman–Crippen MR) is 97.1 cm³/mol. The van der Waals surface area contributed by atoms with Gasteiger partial charge in [0.2, 0.25) is 0 Å². The van der Waals surface area contributed by atoms with E-state index in [4.69, 9.17) is 10.5 Å². The third-order valence-electron chi connectivity index (χ3n) is 3.93. The summed E-state index contributed by atoms with van der Waals surface area (Å²) in [6.07, 6.45) is 1.14. The normalized spacial score (nSPS) is 12.7. The lowest BCUT2D eigenvalue weighted by Crippen LogP contribution is -2.22. The number of hydrogen-bond donors (Lipinski definition) is 2. The van der Waals surface area contributed by atoms with Crippen LogP contribution in [0.1, 0.15) is 37.3 Å². The first-order chi connectivity index (χ1) is 11.1. The van der Waals surface area contributed by atoms with Gasteiger partial charge < -0.3 is 15.8 Å². The molecule has 0 aliphatic rings. The zero-order valence-corrected chi connectivity index (χ0v) is 14.0. The minimum Gasteiger partial charge on any atom is -0.497 e.